The number of aromatic nitrogens is 3. The van der Waals surface area contributed by atoms with Gasteiger partial charge in [0.05, 0.1) is 11.4 Å². The summed E-state index contributed by atoms with van der Waals surface area (Å²) in [5.74, 6) is 0.610. The number of carbonyl (C=O) groups excluding carboxylic acids is 1. The summed E-state index contributed by atoms with van der Waals surface area (Å²) in [5, 5.41) is 9.06. The molecule has 0 bridgehead atoms. The van der Waals surface area contributed by atoms with Crippen molar-refractivity contribution < 1.29 is 4.79 Å². The number of aromatic amines is 1. The number of thiophene rings is 1. The van der Waals surface area contributed by atoms with Crippen LogP contribution < -0.4 is 11.1 Å². The van der Waals surface area contributed by atoms with E-state index in [2.05, 4.69) is 20.5 Å². The molecule has 1 amide bonds. The largest absolute Gasteiger partial charge is 0.367 e. The number of rotatable bonds is 3. The van der Waals surface area contributed by atoms with E-state index in [1.54, 1.807) is 0 Å². The van der Waals surface area contributed by atoms with Gasteiger partial charge < -0.3 is 11.1 Å². The first kappa shape index (κ1) is 11.6. The molecule has 2 heterocycles. The Labute approximate surface area is 102 Å². The number of nitrogen functional groups attached to an aromatic ring is 1. The summed E-state index contributed by atoms with van der Waals surface area (Å²) >= 11 is 1.48. The van der Waals surface area contributed by atoms with Crippen LogP contribution in [-0.4, -0.2) is 21.1 Å². The molecule has 7 heteroatoms. The van der Waals surface area contributed by atoms with E-state index in [0.717, 1.165) is 10.4 Å². The third-order valence-corrected chi connectivity index (χ3v) is 3.51. The van der Waals surface area contributed by atoms with Crippen LogP contribution >= 0.6 is 11.3 Å². The number of nitrogens with zero attached hydrogens (tertiary/aromatic N) is 2. The van der Waals surface area contributed by atoms with E-state index in [-0.39, 0.29) is 11.9 Å². The third kappa shape index (κ3) is 2.62. The van der Waals surface area contributed by atoms with Gasteiger partial charge in [-0.25, -0.2) is 0 Å². The number of amides is 1. The fourth-order valence-electron chi connectivity index (χ4n) is 1.33. The van der Waals surface area contributed by atoms with Crippen LogP contribution in [0.5, 0.6) is 0 Å². The van der Waals surface area contributed by atoms with Crippen molar-refractivity contribution in [1.82, 2.24) is 20.5 Å². The number of anilines is 1. The molecule has 6 nitrogen and oxygen atoms in total. The Balaban J connectivity index is 1.98. The summed E-state index contributed by atoms with van der Waals surface area (Å²) in [4.78, 5) is 17.5. The average molecular weight is 251 g/mol. The number of hydrogen-bond acceptors (Lipinski definition) is 5. The van der Waals surface area contributed by atoms with Crippen molar-refractivity contribution in [3.05, 3.63) is 27.2 Å². The van der Waals surface area contributed by atoms with Crippen LogP contribution in [0.25, 0.3) is 0 Å². The first-order valence-electron chi connectivity index (χ1n) is 5.08. The van der Waals surface area contributed by atoms with Crippen LogP contribution in [0.4, 0.5) is 5.95 Å². The molecular weight excluding hydrogens is 238 g/mol. The molecule has 0 saturated heterocycles. The Morgan fingerprint density at radius 3 is 2.88 bits per heavy atom. The van der Waals surface area contributed by atoms with Gasteiger partial charge in [0.25, 0.3) is 5.91 Å². The second kappa shape index (κ2) is 4.54. The lowest BCUT2D eigenvalue weighted by Gasteiger charge is -1.99. The van der Waals surface area contributed by atoms with Crippen LogP contribution in [0.2, 0.25) is 0 Å². The zero-order valence-electron chi connectivity index (χ0n) is 9.57. The van der Waals surface area contributed by atoms with Crippen LogP contribution in [0, 0.1) is 13.8 Å². The Kier molecular flexibility index (Phi) is 3.10. The van der Waals surface area contributed by atoms with Gasteiger partial charge >= 0.3 is 0 Å². The summed E-state index contributed by atoms with van der Waals surface area (Å²) in [6.45, 7) is 4.27. The maximum Gasteiger partial charge on any atom is 0.261 e. The number of H-pyrrole nitrogens is 1. The molecule has 2 aromatic heterocycles. The molecule has 0 atom stereocenters. The lowest BCUT2D eigenvalue weighted by atomic mass is 10.3. The maximum absolute atomic E-state index is 11.8. The number of aryl methyl sites for hydroxylation is 2. The Hall–Kier alpha value is -1.89. The fourth-order valence-corrected chi connectivity index (χ4v) is 2.28. The van der Waals surface area contributed by atoms with Crippen molar-refractivity contribution in [2.24, 2.45) is 0 Å². The van der Waals surface area contributed by atoms with Crippen molar-refractivity contribution in [3.8, 4) is 0 Å². The normalized spacial score (nSPS) is 10.5. The zero-order valence-corrected chi connectivity index (χ0v) is 10.4. The zero-order chi connectivity index (χ0) is 12.4. The molecule has 2 rings (SSSR count). The Morgan fingerprint density at radius 1 is 1.59 bits per heavy atom. The van der Waals surface area contributed by atoms with Crippen molar-refractivity contribution in [2.45, 2.75) is 20.4 Å². The highest BCUT2D eigenvalue weighted by molar-refractivity contribution is 7.14. The molecule has 2 aromatic rings. The first-order chi connectivity index (χ1) is 8.06. The summed E-state index contributed by atoms with van der Waals surface area (Å²) in [7, 11) is 0. The third-order valence-electron chi connectivity index (χ3n) is 2.36. The van der Waals surface area contributed by atoms with Gasteiger partial charge in [0.2, 0.25) is 5.95 Å². The minimum Gasteiger partial charge on any atom is -0.367 e. The minimum absolute atomic E-state index is 0.110. The highest BCUT2D eigenvalue weighted by Gasteiger charge is 2.10. The molecule has 0 fully saturated rings. The number of nitrogens with two attached hydrogens (primary N) is 1. The second-order valence-corrected chi connectivity index (χ2v) is 4.93. The fraction of sp³-hybridized carbons (Fsp3) is 0.300. The summed E-state index contributed by atoms with van der Waals surface area (Å²) in [5.41, 5.74) is 6.48. The molecular formula is C10H13N5OS. The highest BCUT2D eigenvalue weighted by Crippen LogP contribution is 2.20. The molecule has 0 aliphatic carbocycles. The smallest absolute Gasteiger partial charge is 0.261 e. The van der Waals surface area contributed by atoms with E-state index in [1.165, 1.54) is 11.3 Å². The van der Waals surface area contributed by atoms with E-state index >= 15 is 0 Å². The standard InChI is InChI=1S/C10H13N5OS/c1-5-3-7(17-6(5)2)9(16)12-4-8-13-10(11)15-14-8/h3H,4H2,1-2H3,(H,12,16)(H3,11,13,14,15). The Morgan fingerprint density at radius 2 is 2.35 bits per heavy atom. The van der Waals surface area contributed by atoms with Crippen molar-refractivity contribution in [3.63, 3.8) is 0 Å². The predicted molar refractivity (Wildman–Crippen MR) is 65.8 cm³/mol. The van der Waals surface area contributed by atoms with Crippen LogP contribution in [0.3, 0.4) is 0 Å². The van der Waals surface area contributed by atoms with Gasteiger partial charge in [-0.1, -0.05) is 0 Å². The molecule has 0 saturated carbocycles. The molecule has 17 heavy (non-hydrogen) atoms. The quantitative estimate of drug-likeness (QED) is 0.758. The molecule has 0 aliphatic heterocycles. The van der Waals surface area contributed by atoms with Gasteiger partial charge in [-0.05, 0) is 25.5 Å². The van der Waals surface area contributed by atoms with E-state index < -0.39 is 0 Å². The molecule has 0 spiro atoms. The van der Waals surface area contributed by atoms with E-state index in [1.807, 2.05) is 19.9 Å². The molecule has 4 N–H and O–H groups in total. The summed E-state index contributed by atoms with van der Waals surface area (Å²) in [6, 6.07) is 1.88. The highest BCUT2D eigenvalue weighted by atomic mass is 32.1. The van der Waals surface area contributed by atoms with E-state index in [4.69, 9.17) is 5.73 Å². The topological polar surface area (TPSA) is 96.7 Å². The lowest BCUT2D eigenvalue weighted by Crippen LogP contribution is -2.22. The van der Waals surface area contributed by atoms with Gasteiger partial charge in [0.1, 0.15) is 5.82 Å². The van der Waals surface area contributed by atoms with Crippen molar-refractivity contribution in [2.75, 3.05) is 5.73 Å². The number of carbonyl (C=O) groups is 1. The van der Waals surface area contributed by atoms with Crippen LogP contribution in [0.1, 0.15) is 25.9 Å². The van der Waals surface area contributed by atoms with Crippen LogP contribution in [0.15, 0.2) is 6.07 Å². The molecule has 90 valence electrons. The van der Waals surface area contributed by atoms with Crippen LogP contribution in [-0.2, 0) is 6.54 Å². The van der Waals surface area contributed by atoms with E-state index in [9.17, 15) is 4.79 Å². The molecule has 0 aromatic carbocycles. The van der Waals surface area contributed by atoms with Gasteiger partial charge in [-0.2, -0.15) is 4.98 Å². The number of hydrogen-bond donors (Lipinski definition) is 3. The second-order valence-electron chi connectivity index (χ2n) is 3.67. The number of nitrogens with one attached hydrogen (secondary N) is 2. The predicted octanol–water partition coefficient (Wildman–Crippen LogP) is 0.995. The lowest BCUT2D eigenvalue weighted by molar-refractivity contribution is 0.0954. The molecule has 0 radical (unpaired) electrons. The van der Waals surface area contributed by atoms with Crippen molar-refractivity contribution >= 4 is 23.2 Å². The molecule has 0 unspecified atom stereocenters. The van der Waals surface area contributed by atoms with Gasteiger partial charge in [-0.15, -0.1) is 16.4 Å². The summed E-state index contributed by atoms with van der Waals surface area (Å²) in [6.07, 6.45) is 0. The van der Waals surface area contributed by atoms with Gasteiger partial charge in [-0.3, -0.25) is 9.89 Å². The Bertz CT molecular complexity index is 525. The van der Waals surface area contributed by atoms with E-state index in [0.29, 0.717) is 17.2 Å². The first-order valence-corrected chi connectivity index (χ1v) is 5.90. The SMILES string of the molecule is Cc1cc(C(=O)NCc2nc(N)n[nH]2)sc1C. The van der Waals surface area contributed by atoms with Gasteiger partial charge in [0.15, 0.2) is 0 Å². The van der Waals surface area contributed by atoms with Crippen molar-refractivity contribution in [1.29, 1.82) is 0 Å². The average Bonchev–Trinajstić information content (AvgIpc) is 2.83. The monoisotopic (exact) mass is 251 g/mol. The minimum atomic E-state index is -0.110. The maximum atomic E-state index is 11.8. The van der Waals surface area contributed by atoms with Gasteiger partial charge in [0, 0.05) is 4.88 Å². The molecule has 0 aliphatic rings. The summed E-state index contributed by atoms with van der Waals surface area (Å²) < 4.78 is 0.